The summed E-state index contributed by atoms with van der Waals surface area (Å²) in [6, 6.07) is 14.2. The molecule has 0 bridgehead atoms. The predicted octanol–water partition coefficient (Wildman–Crippen LogP) is 5.08. The van der Waals surface area contributed by atoms with Gasteiger partial charge in [0.05, 0.1) is 12.1 Å². The second kappa shape index (κ2) is 7.95. The minimum absolute atomic E-state index is 0.153. The lowest BCUT2D eigenvalue weighted by Crippen LogP contribution is -2.45. The molecule has 0 aliphatic heterocycles. The summed E-state index contributed by atoms with van der Waals surface area (Å²) in [6.45, 7) is 5.64. The molecule has 0 N–H and O–H groups in total. The van der Waals surface area contributed by atoms with Crippen molar-refractivity contribution in [2.75, 3.05) is 0 Å². The molecule has 25 heavy (non-hydrogen) atoms. The van der Waals surface area contributed by atoms with Gasteiger partial charge in [-0.05, 0) is 24.8 Å². The lowest BCUT2D eigenvalue weighted by atomic mass is 9.57. The van der Waals surface area contributed by atoms with E-state index in [4.69, 9.17) is 0 Å². The van der Waals surface area contributed by atoms with Crippen LogP contribution in [-0.2, 0) is 4.79 Å². The summed E-state index contributed by atoms with van der Waals surface area (Å²) >= 11 is 0. The highest BCUT2D eigenvalue weighted by Gasteiger charge is 2.51. The van der Waals surface area contributed by atoms with Gasteiger partial charge in [0.15, 0.2) is 5.41 Å². The van der Waals surface area contributed by atoms with Crippen LogP contribution in [0.2, 0.25) is 0 Å². The first kappa shape index (κ1) is 18.7. The molecule has 2 atom stereocenters. The number of nitrogens with zero attached hydrogens (tertiary/aromatic N) is 2. The second-order valence-corrected chi connectivity index (χ2v) is 6.98. The van der Waals surface area contributed by atoms with Crippen LogP contribution in [0, 0.1) is 39.4 Å². The van der Waals surface area contributed by atoms with Crippen molar-refractivity contribution in [2.45, 2.75) is 39.0 Å². The Balaban J connectivity index is 2.53. The number of allylic oxidation sites excluding steroid dienone is 2. The molecule has 3 heteroatoms. The Morgan fingerprint density at radius 1 is 1.28 bits per heavy atom. The summed E-state index contributed by atoms with van der Waals surface area (Å²) in [5, 5.41) is 19.7. The number of hydrogen-bond acceptors (Lipinski definition) is 3. The molecular formula is C22H24N2O. The van der Waals surface area contributed by atoms with E-state index in [0.717, 1.165) is 18.4 Å². The van der Waals surface area contributed by atoms with E-state index in [2.05, 4.69) is 18.7 Å². The van der Waals surface area contributed by atoms with Gasteiger partial charge in [0, 0.05) is 17.8 Å². The third-order valence-electron chi connectivity index (χ3n) is 5.35. The zero-order valence-corrected chi connectivity index (χ0v) is 14.7. The first-order chi connectivity index (χ1) is 12.0. The maximum absolute atomic E-state index is 12.8. The minimum Gasteiger partial charge on any atom is -0.299 e. The van der Waals surface area contributed by atoms with Crippen molar-refractivity contribution >= 4 is 11.9 Å². The van der Waals surface area contributed by atoms with Crippen molar-refractivity contribution in [1.29, 1.82) is 10.5 Å². The number of rotatable bonds is 6. The molecule has 0 aromatic heterocycles. The topological polar surface area (TPSA) is 64.7 Å². The molecule has 2 rings (SSSR count). The number of Topliss-reactive ketones (excluding diaryl/α,β-unsaturated/α-hetero) is 1. The van der Waals surface area contributed by atoms with Gasteiger partial charge in [-0.25, -0.2) is 0 Å². The van der Waals surface area contributed by atoms with Gasteiger partial charge < -0.3 is 0 Å². The molecule has 1 aliphatic carbocycles. The minimum atomic E-state index is -1.28. The maximum Gasteiger partial charge on any atom is 0.154 e. The van der Waals surface area contributed by atoms with Crippen LogP contribution in [0.1, 0.15) is 44.6 Å². The summed E-state index contributed by atoms with van der Waals surface area (Å²) < 4.78 is 0. The van der Waals surface area contributed by atoms with Gasteiger partial charge in [-0.1, -0.05) is 61.9 Å². The molecule has 0 unspecified atom stereocenters. The van der Waals surface area contributed by atoms with Gasteiger partial charge in [0.25, 0.3) is 0 Å². The lowest BCUT2D eigenvalue weighted by molar-refractivity contribution is -0.134. The number of ketones is 1. The highest BCUT2D eigenvalue weighted by molar-refractivity contribution is 5.86. The standard InChI is InChI=1S/C22H24N2O/c1-3-14-22(16-23,17-24)19(13-12-18-9-5-4-6-10-18)21(2)15-8-7-11-20(21)25/h3-6,9-10,12-13,19H,1,7-8,11,14-15H2,2H3/b13-12+/t19-,21-/m1/s1. The molecule has 1 aliphatic rings. The number of carbonyl (C=O) groups excluding carboxylic acids is 1. The molecule has 0 heterocycles. The van der Waals surface area contributed by atoms with Crippen LogP contribution in [0.25, 0.3) is 6.08 Å². The number of nitriles is 2. The van der Waals surface area contributed by atoms with Crippen LogP contribution in [-0.4, -0.2) is 5.78 Å². The number of carbonyl (C=O) groups is 1. The molecule has 1 saturated carbocycles. The van der Waals surface area contributed by atoms with Gasteiger partial charge in [0.2, 0.25) is 0 Å². The van der Waals surface area contributed by atoms with Crippen LogP contribution in [0.3, 0.4) is 0 Å². The van der Waals surface area contributed by atoms with Gasteiger partial charge in [-0.3, -0.25) is 4.79 Å². The summed E-state index contributed by atoms with van der Waals surface area (Å²) in [6.07, 6.45) is 8.72. The number of benzene rings is 1. The summed E-state index contributed by atoms with van der Waals surface area (Å²) in [5.41, 5.74) is -0.991. The van der Waals surface area contributed by atoms with E-state index in [1.165, 1.54) is 0 Å². The fourth-order valence-electron chi connectivity index (χ4n) is 3.83. The Kier molecular flexibility index (Phi) is 5.94. The van der Waals surface area contributed by atoms with Crippen molar-refractivity contribution in [3.8, 4) is 12.1 Å². The van der Waals surface area contributed by atoms with E-state index in [1.807, 2.05) is 49.4 Å². The smallest absolute Gasteiger partial charge is 0.154 e. The van der Waals surface area contributed by atoms with Gasteiger partial charge in [-0.2, -0.15) is 10.5 Å². The number of hydrogen-bond donors (Lipinski definition) is 0. The van der Waals surface area contributed by atoms with Crippen molar-refractivity contribution in [3.05, 3.63) is 54.6 Å². The zero-order valence-electron chi connectivity index (χ0n) is 14.7. The molecule has 1 fully saturated rings. The molecule has 0 saturated heterocycles. The largest absolute Gasteiger partial charge is 0.299 e. The molecule has 0 spiro atoms. The Labute approximate surface area is 150 Å². The molecule has 0 radical (unpaired) electrons. The van der Waals surface area contributed by atoms with E-state index in [0.29, 0.717) is 12.8 Å². The summed E-state index contributed by atoms with van der Waals surface area (Å²) in [5.74, 6) is -0.318. The molecule has 128 valence electrons. The van der Waals surface area contributed by atoms with Crippen molar-refractivity contribution in [3.63, 3.8) is 0 Å². The Morgan fingerprint density at radius 3 is 2.52 bits per heavy atom. The van der Waals surface area contributed by atoms with Gasteiger partial charge in [-0.15, -0.1) is 6.58 Å². The van der Waals surface area contributed by atoms with E-state index < -0.39 is 16.7 Å². The van der Waals surface area contributed by atoms with Crippen molar-refractivity contribution in [2.24, 2.45) is 16.7 Å². The first-order valence-electron chi connectivity index (χ1n) is 8.72. The van der Waals surface area contributed by atoms with Crippen LogP contribution < -0.4 is 0 Å². The summed E-state index contributed by atoms with van der Waals surface area (Å²) in [4.78, 5) is 12.8. The fourth-order valence-corrected chi connectivity index (χ4v) is 3.83. The third kappa shape index (κ3) is 3.72. The zero-order chi connectivity index (χ0) is 18.3. The maximum atomic E-state index is 12.8. The highest BCUT2D eigenvalue weighted by Crippen LogP contribution is 2.49. The van der Waals surface area contributed by atoms with E-state index >= 15 is 0 Å². The van der Waals surface area contributed by atoms with Crippen LogP contribution in [0.15, 0.2) is 49.1 Å². The normalized spacial score (nSPS) is 22.1. The molecule has 1 aromatic carbocycles. The summed E-state index contributed by atoms with van der Waals surface area (Å²) in [7, 11) is 0. The fraction of sp³-hybridized carbons (Fsp3) is 0.409. The van der Waals surface area contributed by atoms with E-state index in [-0.39, 0.29) is 12.2 Å². The van der Waals surface area contributed by atoms with Crippen LogP contribution >= 0.6 is 0 Å². The van der Waals surface area contributed by atoms with E-state index in [9.17, 15) is 15.3 Å². The molecule has 1 aromatic rings. The third-order valence-corrected chi connectivity index (χ3v) is 5.35. The van der Waals surface area contributed by atoms with Gasteiger partial charge in [0.1, 0.15) is 5.78 Å². The average molecular weight is 332 g/mol. The predicted molar refractivity (Wildman–Crippen MR) is 99.0 cm³/mol. The average Bonchev–Trinajstić information content (AvgIpc) is 2.64. The Morgan fingerprint density at radius 2 is 1.96 bits per heavy atom. The van der Waals surface area contributed by atoms with E-state index in [1.54, 1.807) is 6.08 Å². The van der Waals surface area contributed by atoms with Crippen LogP contribution in [0.4, 0.5) is 0 Å². The van der Waals surface area contributed by atoms with Crippen molar-refractivity contribution < 1.29 is 4.79 Å². The monoisotopic (exact) mass is 332 g/mol. The quantitative estimate of drug-likeness (QED) is 0.683. The lowest BCUT2D eigenvalue weighted by Gasteiger charge is -2.42. The Bertz CT molecular complexity index is 722. The highest BCUT2D eigenvalue weighted by atomic mass is 16.1. The van der Waals surface area contributed by atoms with Gasteiger partial charge >= 0.3 is 0 Å². The molecule has 0 amide bonds. The molecule has 3 nitrogen and oxygen atoms in total. The first-order valence-corrected chi connectivity index (χ1v) is 8.72. The van der Waals surface area contributed by atoms with Crippen molar-refractivity contribution in [1.82, 2.24) is 0 Å². The second-order valence-electron chi connectivity index (χ2n) is 6.98. The SMILES string of the molecule is C=CCC(C#N)(C#N)[C@H](/C=C/c1ccccc1)[C@@]1(C)CCCCC1=O. The molecular weight excluding hydrogens is 308 g/mol. The van der Waals surface area contributed by atoms with Crippen LogP contribution in [0.5, 0.6) is 0 Å². The Hall–Kier alpha value is -2.65.